The molecule has 0 bridgehead atoms. The van der Waals surface area contributed by atoms with Crippen LogP contribution in [-0.4, -0.2) is 56.7 Å². The number of amides is 1. The number of rotatable bonds is 6. The quantitative estimate of drug-likeness (QED) is 0.810. The van der Waals surface area contributed by atoms with Gasteiger partial charge in [0.15, 0.2) is 6.61 Å². The number of aliphatic hydroxyl groups is 1. The Morgan fingerprint density at radius 2 is 2.26 bits per heavy atom. The van der Waals surface area contributed by atoms with Gasteiger partial charge in [-0.15, -0.1) is 0 Å². The fraction of sp³-hybridized carbons (Fsp3) is 0.562. The molecule has 3 atom stereocenters. The van der Waals surface area contributed by atoms with Crippen molar-refractivity contribution in [2.45, 2.75) is 19.1 Å². The van der Waals surface area contributed by atoms with Gasteiger partial charge in [0.25, 0.3) is 5.91 Å². The van der Waals surface area contributed by atoms with E-state index in [0.29, 0.717) is 30.5 Å². The molecule has 0 spiro atoms. The maximum Gasteiger partial charge on any atom is 0.257 e. The smallest absolute Gasteiger partial charge is 0.257 e. The largest absolute Gasteiger partial charge is 0.484 e. The summed E-state index contributed by atoms with van der Waals surface area (Å²) in [7, 11) is 1.53. The SMILES string of the molecule is CO[C@@H]1COC[C@@H](CNC(=O)COc2ccc(Cl)c(C)c2)[C@@H]1O. The van der Waals surface area contributed by atoms with E-state index in [1.54, 1.807) is 18.2 Å². The number of nitrogens with one attached hydrogen (secondary N) is 1. The summed E-state index contributed by atoms with van der Waals surface area (Å²) in [6.45, 7) is 2.83. The summed E-state index contributed by atoms with van der Waals surface area (Å²) in [5.41, 5.74) is 0.887. The first kappa shape index (κ1) is 18.0. The second kappa shape index (κ2) is 8.49. The monoisotopic (exact) mass is 343 g/mol. The molecule has 0 saturated carbocycles. The summed E-state index contributed by atoms with van der Waals surface area (Å²) in [4.78, 5) is 11.9. The standard InChI is InChI=1S/C16H22ClNO5/c1-10-5-12(3-4-13(10)17)23-9-15(19)18-6-11-7-22-8-14(21-2)16(11)20/h3-5,11,14,16,20H,6-9H2,1-2H3,(H,18,19)/t11-,14-,16+/m1/s1. The van der Waals surface area contributed by atoms with E-state index in [9.17, 15) is 9.90 Å². The Morgan fingerprint density at radius 1 is 1.48 bits per heavy atom. The van der Waals surface area contributed by atoms with Crippen LogP contribution in [0.4, 0.5) is 0 Å². The van der Waals surface area contributed by atoms with Crippen LogP contribution in [0.25, 0.3) is 0 Å². The number of benzene rings is 1. The molecular formula is C16H22ClNO5. The topological polar surface area (TPSA) is 77.0 Å². The van der Waals surface area contributed by atoms with Crippen molar-refractivity contribution in [1.82, 2.24) is 5.32 Å². The van der Waals surface area contributed by atoms with E-state index in [1.165, 1.54) is 7.11 Å². The number of hydrogen-bond acceptors (Lipinski definition) is 5. The van der Waals surface area contributed by atoms with Crippen LogP contribution < -0.4 is 10.1 Å². The maximum atomic E-state index is 11.9. The van der Waals surface area contributed by atoms with Crippen molar-refractivity contribution in [2.24, 2.45) is 5.92 Å². The minimum atomic E-state index is -0.658. The summed E-state index contributed by atoms with van der Waals surface area (Å²) in [6.07, 6.45) is -1.02. The number of methoxy groups -OCH3 is 1. The minimum absolute atomic E-state index is 0.0988. The molecular weight excluding hydrogens is 322 g/mol. The summed E-state index contributed by atoms with van der Waals surface area (Å²) in [6, 6.07) is 5.22. The number of aliphatic hydroxyl groups excluding tert-OH is 1. The van der Waals surface area contributed by atoms with E-state index >= 15 is 0 Å². The molecule has 2 N–H and O–H groups in total. The summed E-state index contributed by atoms with van der Waals surface area (Å²) >= 11 is 5.94. The highest BCUT2D eigenvalue weighted by Crippen LogP contribution is 2.21. The van der Waals surface area contributed by atoms with Gasteiger partial charge in [0.05, 0.1) is 19.3 Å². The van der Waals surface area contributed by atoms with Crippen LogP contribution >= 0.6 is 11.6 Å². The number of ether oxygens (including phenoxy) is 3. The van der Waals surface area contributed by atoms with Gasteiger partial charge in [-0.25, -0.2) is 0 Å². The zero-order valence-electron chi connectivity index (χ0n) is 13.3. The number of halogens is 1. The van der Waals surface area contributed by atoms with E-state index in [0.717, 1.165) is 5.56 Å². The van der Waals surface area contributed by atoms with Gasteiger partial charge in [-0.1, -0.05) is 11.6 Å². The minimum Gasteiger partial charge on any atom is -0.484 e. The highest BCUT2D eigenvalue weighted by atomic mass is 35.5. The molecule has 6 nitrogen and oxygen atoms in total. The lowest BCUT2D eigenvalue weighted by Crippen LogP contribution is -2.49. The molecule has 128 valence electrons. The van der Waals surface area contributed by atoms with Gasteiger partial charge in [-0.2, -0.15) is 0 Å². The first-order valence-corrected chi connectivity index (χ1v) is 7.83. The van der Waals surface area contributed by atoms with E-state index in [4.69, 9.17) is 25.8 Å². The highest BCUT2D eigenvalue weighted by Gasteiger charge is 2.32. The molecule has 1 aromatic carbocycles. The summed E-state index contributed by atoms with van der Waals surface area (Å²) in [5.74, 6) is 0.127. The number of carbonyl (C=O) groups excluding carboxylic acids is 1. The van der Waals surface area contributed by atoms with Gasteiger partial charge < -0.3 is 24.6 Å². The Labute approximate surface area is 140 Å². The van der Waals surface area contributed by atoms with E-state index in [-0.39, 0.29) is 24.5 Å². The Hall–Kier alpha value is -1.34. The fourth-order valence-electron chi connectivity index (χ4n) is 2.38. The number of carbonyl (C=O) groups is 1. The van der Waals surface area contributed by atoms with Gasteiger partial charge in [0.2, 0.25) is 0 Å². The Balaban J connectivity index is 1.75. The average molecular weight is 344 g/mol. The molecule has 1 heterocycles. The second-order valence-electron chi connectivity index (χ2n) is 5.57. The molecule has 0 unspecified atom stereocenters. The van der Waals surface area contributed by atoms with Crippen molar-refractivity contribution in [3.8, 4) is 5.75 Å². The van der Waals surface area contributed by atoms with Gasteiger partial charge in [0.1, 0.15) is 11.9 Å². The molecule has 1 aliphatic heterocycles. The van der Waals surface area contributed by atoms with Gasteiger partial charge in [-0.3, -0.25) is 4.79 Å². The molecule has 1 amide bonds. The second-order valence-corrected chi connectivity index (χ2v) is 5.97. The third-order valence-electron chi connectivity index (χ3n) is 3.84. The van der Waals surface area contributed by atoms with Crippen molar-refractivity contribution in [1.29, 1.82) is 0 Å². The molecule has 0 aromatic heterocycles. The van der Waals surface area contributed by atoms with Crippen LogP contribution in [0.1, 0.15) is 5.56 Å². The third kappa shape index (κ3) is 5.07. The van der Waals surface area contributed by atoms with Gasteiger partial charge >= 0.3 is 0 Å². The first-order valence-electron chi connectivity index (χ1n) is 7.45. The Kier molecular flexibility index (Phi) is 6.65. The van der Waals surface area contributed by atoms with Crippen LogP contribution in [0.15, 0.2) is 18.2 Å². The van der Waals surface area contributed by atoms with Crippen molar-refractivity contribution < 1.29 is 24.1 Å². The number of aryl methyl sites for hydroxylation is 1. The zero-order chi connectivity index (χ0) is 16.8. The molecule has 1 saturated heterocycles. The lowest BCUT2D eigenvalue weighted by atomic mass is 9.96. The molecule has 7 heteroatoms. The van der Waals surface area contributed by atoms with E-state index in [2.05, 4.69) is 5.32 Å². The van der Waals surface area contributed by atoms with Crippen molar-refractivity contribution in [3.63, 3.8) is 0 Å². The van der Waals surface area contributed by atoms with Gasteiger partial charge in [0, 0.05) is 24.6 Å². The zero-order valence-corrected chi connectivity index (χ0v) is 14.0. The van der Waals surface area contributed by atoms with Crippen LogP contribution in [0.2, 0.25) is 5.02 Å². The van der Waals surface area contributed by atoms with Gasteiger partial charge in [-0.05, 0) is 30.7 Å². The number of hydrogen-bond donors (Lipinski definition) is 2. The predicted octanol–water partition coefficient (Wildman–Crippen LogP) is 1.17. The average Bonchev–Trinajstić information content (AvgIpc) is 2.55. The molecule has 0 aliphatic carbocycles. The first-order chi connectivity index (χ1) is 11.0. The van der Waals surface area contributed by atoms with Crippen LogP contribution in [0.3, 0.4) is 0 Å². The maximum absolute atomic E-state index is 11.9. The normalized spacial score (nSPS) is 24.3. The van der Waals surface area contributed by atoms with Crippen LogP contribution in [-0.2, 0) is 14.3 Å². The van der Waals surface area contributed by atoms with E-state index < -0.39 is 6.10 Å². The van der Waals surface area contributed by atoms with E-state index in [1.807, 2.05) is 6.92 Å². The van der Waals surface area contributed by atoms with Crippen molar-refractivity contribution in [2.75, 3.05) is 33.5 Å². The Morgan fingerprint density at radius 3 is 2.96 bits per heavy atom. The predicted molar refractivity (Wildman–Crippen MR) is 85.8 cm³/mol. The van der Waals surface area contributed by atoms with Crippen LogP contribution in [0.5, 0.6) is 5.75 Å². The molecule has 1 aliphatic rings. The van der Waals surface area contributed by atoms with Crippen LogP contribution in [0, 0.1) is 12.8 Å². The molecule has 0 radical (unpaired) electrons. The summed E-state index contributed by atoms with van der Waals surface area (Å²) < 4.78 is 15.9. The highest BCUT2D eigenvalue weighted by molar-refractivity contribution is 6.31. The fourth-order valence-corrected chi connectivity index (χ4v) is 2.49. The lowest BCUT2D eigenvalue weighted by Gasteiger charge is -2.33. The summed E-state index contributed by atoms with van der Waals surface area (Å²) in [5, 5.41) is 13.5. The third-order valence-corrected chi connectivity index (χ3v) is 4.27. The molecule has 1 aromatic rings. The molecule has 1 fully saturated rings. The van der Waals surface area contributed by atoms with Crippen molar-refractivity contribution >= 4 is 17.5 Å². The lowest BCUT2D eigenvalue weighted by molar-refractivity contribution is -0.136. The van der Waals surface area contributed by atoms with Crippen molar-refractivity contribution in [3.05, 3.63) is 28.8 Å². The molecule has 2 rings (SSSR count). The Bertz CT molecular complexity index is 539. The molecule has 23 heavy (non-hydrogen) atoms.